The second-order valence-corrected chi connectivity index (χ2v) is 5.77. The van der Waals surface area contributed by atoms with E-state index in [1.54, 1.807) is 22.5 Å². The molecule has 0 amide bonds. The van der Waals surface area contributed by atoms with Gasteiger partial charge in [-0.1, -0.05) is 11.8 Å². The van der Waals surface area contributed by atoms with Crippen LogP contribution in [0.15, 0.2) is 40.3 Å². The number of benzene rings is 1. The lowest BCUT2D eigenvalue weighted by Gasteiger charge is -2.07. The molecule has 3 rings (SSSR count). The van der Waals surface area contributed by atoms with Crippen molar-refractivity contribution in [2.75, 3.05) is 12.4 Å². The summed E-state index contributed by atoms with van der Waals surface area (Å²) in [6.07, 6.45) is 0.890. The highest BCUT2D eigenvalue weighted by molar-refractivity contribution is 7.99. The zero-order valence-corrected chi connectivity index (χ0v) is 12.8. The summed E-state index contributed by atoms with van der Waals surface area (Å²) < 4.78 is 7.38. The lowest BCUT2D eigenvalue weighted by atomic mass is 10.2. The summed E-state index contributed by atoms with van der Waals surface area (Å²) in [6, 6.07) is 8.94. The van der Waals surface area contributed by atoms with Crippen molar-refractivity contribution in [2.45, 2.75) is 11.6 Å². The molecule has 2 aromatic heterocycles. The van der Waals surface area contributed by atoms with Gasteiger partial charge < -0.3 is 9.72 Å². The molecule has 22 heavy (non-hydrogen) atoms. The number of tetrazole rings is 1. The standard InChI is InChI=1S/C14H15N5O2S/c1-19-14(16-17-18-19)22-8-2-7-21-11-4-5-12-10(9-11)3-6-13(20)15-12/h3-6,9H,2,7-8H2,1H3,(H,15,20). The average Bonchev–Trinajstić information content (AvgIpc) is 2.92. The van der Waals surface area contributed by atoms with Crippen molar-refractivity contribution >= 4 is 22.7 Å². The highest BCUT2D eigenvalue weighted by atomic mass is 32.2. The highest BCUT2D eigenvalue weighted by Gasteiger charge is 2.03. The van der Waals surface area contributed by atoms with Crippen LogP contribution in [0.1, 0.15) is 6.42 Å². The number of hydrogen-bond acceptors (Lipinski definition) is 6. The molecule has 0 unspecified atom stereocenters. The van der Waals surface area contributed by atoms with Crippen LogP contribution in [0, 0.1) is 0 Å². The summed E-state index contributed by atoms with van der Waals surface area (Å²) in [6.45, 7) is 0.618. The van der Waals surface area contributed by atoms with Crippen molar-refractivity contribution in [1.82, 2.24) is 25.2 Å². The van der Waals surface area contributed by atoms with Gasteiger partial charge >= 0.3 is 0 Å². The normalized spacial score (nSPS) is 11.0. The quantitative estimate of drug-likeness (QED) is 0.549. The Balaban J connectivity index is 1.50. The molecule has 2 heterocycles. The fourth-order valence-corrected chi connectivity index (χ4v) is 2.74. The van der Waals surface area contributed by atoms with Crippen LogP contribution in [0.4, 0.5) is 0 Å². The first kappa shape index (κ1) is 14.6. The number of aromatic nitrogens is 5. The van der Waals surface area contributed by atoms with E-state index in [2.05, 4.69) is 20.5 Å². The van der Waals surface area contributed by atoms with Crippen LogP contribution in [0.5, 0.6) is 5.75 Å². The number of aryl methyl sites for hydroxylation is 1. The van der Waals surface area contributed by atoms with E-state index in [0.29, 0.717) is 6.61 Å². The Hall–Kier alpha value is -2.35. The molecule has 7 nitrogen and oxygen atoms in total. The second kappa shape index (κ2) is 6.61. The summed E-state index contributed by atoms with van der Waals surface area (Å²) in [5.74, 6) is 1.68. The van der Waals surface area contributed by atoms with Crippen molar-refractivity contribution in [1.29, 1.82) is 0 Å². The molecule has 0 bridgehead atoms. The Kier molecular flexibility index (Phi) is 4.38. The number of thioether (sulfide) groups is 1. The first-order chi connectivity index (χ1) is 10.7. The largest absolute Gasteiger partial charge is 0.494 e. The van der Waals surface area contributed by atoms with E-state index in [4.69, 9.17) is 4.74 Å². The van der Waals surface area contributed by atoms with E-state index in [0.717, 1.165) is 34.0 Å². The van der Waals surface area contributed by atoms with Crippen molar-refractivity contribution in [3.8, 4) is 5.75 Å². The molecule has 0 aliphatic heterocycles. The van der Waals surface area contributed by atoms with Crippen LogP contribution in [0.25, 0.3) is 10.9 Å². The number of aromatic amines is 1. The SMILES string of the molecule is Cn1nnnc1SCCCOc1ccc2[nH]c(=O)ccc2c1. The zero-order chi connectivity index (χ0) is 15.4. The molecule has 0 fully saturated rings. The van der Waals surface area contributed by atoms with E-state index < -0.39 is 0 Å². The van der Waals surface area contributed by atoms with Gasteiger partial charge in [0.2, 0.25) is 10.7 Å². The van der Waals surface area contributed by atoms with E-state index in [-0.39, 0.29) is 5.56 Å². The summed E-state index contributed by atoms with van der Waals surface area (Å²) in [5, 5.41) is 13.0. The number of H-pyrrole nitrogens is 1. The predicted octanol–water partition coefficient (Wildman–Crippen LogP) is 1.61. The van der Waals surface area contributed by atoms with Gasteiger partial charge in [0, 0.05) is 29.8 Å². The van der Waals surface area contributed by atoms with Crippen molar-refractivity contribution in [3.05, 3.63) is 40.7 Å². The number of pyridine rings is 1. The molecule has 8 heteroatoms. The molecule has 114 valence electrons. The Bertz CT molecular complexity index is 829. The Morgan fingerprint density at radius 2 is 2.23 bits per heavy atom. The third-order valence-electron chi connectivity index (χ3n) is 3.06. The monoisotopic (exact) mass is 317 g/mol. The molecule has 0 saturated carbocycles. The minimum Gasteiger partial charge on any atom is -0.494 e. The molecule has 0 atom stereocenters. The highest BCUT2D eigenvalue weighted by Crippen LogP contribution is 2.19. The third kappa shape index (κ3) is 3.45. The van der Waals surface area contributed by atoms with Gasteiger partial charge in [-0.05, 0) is 41.1 Å². The van der Waals surface area contributed by atoms with Gasteiger partial charge in [0.05, 0.1) is 6.61 Å². The molecule has 0 aliphatic rings. The summed E-state index contributed by atoms with van der Waals surface area (Å²) in [7, 11) is 1.82. The molecule has 0 saturated heterocycles. The average molecular weight is 317 g/mol. The zero-order valence-electron chi connectivity index (χ0n) is 12.0. The van der Waals surface area contributed by atoms with Gasteiger partial charge in [-0.3, -0.25) is 4.79 Å². The van der Waals surface area contributed by atoms with Crippen molar-refractivity contribution < 1.29 is 4.74 Å². The molecule has 0 radical (unpaired) electrons. The van der Waals surface area contributed by atoms with Crippen LogP contribution in [-0.4, -0.2) is 37.6 Å². The number of nitrogens with one attached hydrogen (secondary N) is 1. The van der Waals surface area contributed by atoms with E-state index in [1.807, 2.05) is 25.2 Å². The number of ether oxygens (including phenoxy) is 1. The van der Waals surface area contributed by atoms with Gasteiger partial charge in [-0.25, -0.2) is 4.68 Å². The molecule has 0 aliphatic carbocycles. The molecular weight excluding hydrogens is 302 g/mol. The molecule has 0 spiro atoms. The van der Waals surface area contributed by atoms with Crippen molar-refractivity contribution in [2.24, 2.45) is 7.05 Å². The van der Waals surface area contributed by atoms with E-state index in [1.165, 1.54) is 6.07 Å². The van der Waals surface area contributed by atoms with E-state index >= 15 is 0 Å². The third-order valence-corrected chi connectivity index (χ3v) is 4.16. The van der Waals surface area contributed by atoms with Gasteiger partial charge in [-0.2, -0.15) is 0 Å². The van der Waals surface area contributed by atoms with Gasteiger partial charge in [-0.15, -0.1) is 5.10 Å². The summed E-state index contributed by atoms with van der Waals surface area (Å²) in [4.78, 5) is 14.0. The van der Waals surface area contributed by atoms with Crippen LogP contribution in [0.2, 0.25) is 0 Å². The maximum atomic E-state index is 11.2. The van der Waals surface area contributed by atoms with Crippen LogP contribution < -0.4 is 10.3 Å². The first-order valence-corrected chi connectivity index (χ1v) is 7.82. The van der Waals surface area contributed by atoms with Gasteiger partial charge in [0.15, 0.2) is 0 Å². The van der Waals surface area contributed by atoms with Crippen LogP contribution >= 0.6 is 11.8 Å². The fourth-order valence-electron chi connectivity index (χ4n) is 1.98. The Morgan fingerprint density at radius 1 is 1.32 bits per heavy atom. The van der Waals surface area contributed by atoms with Crippen LogP contribution in [0.3, 0.4) is 0 Å². The topological polar surface area (TPSA) is 85.7 Å². The lowest BCUT2D eigenvalue weighted by Crippen LogP contribution is -2.03. The Labute approximate surface area is 130 Å². The maximum absolute atomic E-state index is 11.2. The number of hydrogen-bond donors (Lipinski definition) is 1. The molecular formula is C14H15N5O2S. The van der Waals surface area contributed by atoms with Gasteiger partial charge in [0.25, 0.3) is 0 Å². The second-order valence-electron chi connectivity index (χ2n) is 4.71. The van der Waals surface area contributed by atoms with Crippen LogP contribution in [-0.2, 0) is 7.05 Å². The summed E-state index contributed by atoms with van der Waals surface area (Å²) in [5.41, 5.74) is 0.710. The number of nitrogens with zero attached hydrogens (tertiary/aromatic N) is 4. The lowest BCUT2D eigenvalue weighted by molar-refractivity contribution is 0.319. The molecule has 3 aromatic rings. The Morgan fingerprint density at radius 3 is 3.05 bits per heavy atom. The smallest absolute Gasteiger partial charge is 0.248 e. The molecule has 1 N–H and O–H groups in total. The van der Waals surface area contributed by atoms with Crippen molar-refractivity contribution in [3.63, 3.8) is 0 Å². The molecule has 1 aromatic carbocycles. The minimum atomic E-state index is -0.101. The summed E-state index contributed by atoms with van der Waals surface area (Å²) >= 11 is 1.60. The maximum Gasteiger partial charge on any atom is 0.248 e. The minimum absolute atomic E-state index is 0.101. The van der Waals surface area contributed by atoms with Gasteiger partial charge in [0.1, 0.15) is 5.75 Å². The first-order valence-electron chi connectivity index (χ1n) is 6.83. The number of fused-ring (bicyclic) bond motifs is 1. The van der Waals surface area contributed by atoms with E-state index in [9.17, 15) is 4.79 Å². The fraction of sp³-hybridized carbons (Fsp3) is 0.286. The predicted molar refractivity (Wildman–Crippen MR) is 84.2 cm³/mol. The number of rotatable bonds is 6.